The fraction of sp³-hybridized carbons (Fsp3) is 0.333. The Labute approximate surface area is 71.6 Å². The Kier molecular flexibility index (Phi) is 3.26. The molecule has 12 heavy (non-hydrogen) atoms. The molecule has 0 aliphatic heterocycles. The van der Waals surface area contributed by atoms with Gasteiger partial charge in [0.1, 0.15) is 0 Å². The van der Waals surface area contributed by atoms with E-state index in [4.69, 9.17) is 5.73 Å². The van der Waals surface area contributed by atoms with Crippen LogP contribution in [0.5, 0.6) is 0 Å². The van der Waals surface area contributed by atoms with Crippen LogP contribution in [-0.4, -0.2) is 10.9 Å². The van der Waals surface area contributed by atoms with Crippen LogP contribution in [-0.2, 0) is 11.2 Å². The minimum absolute atomic E-state index is 0.232. The van der Waals surface area contributed by atoms with E-state index in [0.717, 1.165) is 12.8 Å². The van der Waals surface area contributed by atoms with Crippen molar-refractivity contribution in [1.82, 2.24) is 4.98 Å². The molecule has 0 saturated heterocycles. The molecule has 1 rings (SSSR count). The minimum atomic E-state index is -0.232. The van der Waals surface area contributed by atoms with E-state index in [-0.39, 0.29) is 5.91 Å². The largest absolute Gasteiger partial charge is 0.370 e. The van der Waals surface area contributed by atoms with Crippen LogP contribution in [0.4, 0.5) is 0 Å². The molecule has 0 aliphatic carbocycles. The fourth-order valence-electron chi connectivity index (χ4n) is 1.02. The lowest BCUT2D eigenvalue weighted by molar-refractivity contribution is -0.118. The van der Waals surface area contributed by atoms with E-state index in [9.17, 15) is 4.79 Å². The summed E-state index contributed by atoms with van der Waals surface area (Å²) in [6, 6.07) is 3.89. The average molecular weight is 164 g/mol. The van der Waals surface area contributed by atoms with Gasteiger partial charge in [-0.1, -0.05) is 0 Å². The molecule has 0 bridgehead atoms. The topological polar surface area (TPSA) is 56.0 Å². The number of amides is 1. The van der Waals surface area contributed by atoms with Gasteiger partial charge in [-0.15, -0.1) is 0 Å². The second kappa shape index (κ2) is 4.49. The molecule has 1 heterocycles. The molecule has 64 valence electrons. The Hall–Kier alpha value is -1.38. The average Bonchev–Trinajstić information content (AvgIpc) is 2.05. The Balaban J connectivity index is 2.29. The van der Waals surface area contributed by atoms with Crippen LogP contribution in [0.2, 0.25) is 0 Å². The van der Waals surface area contributed by atoms with Gasteiger partial charge in [-0.3, -0.25) is 9.78 Å². The number of hydrogen-bond acceptors (Lipinski definition) is 2. The normalized spacial score (nSPS) is 9.67. The van der Waals surface area contributed by atoms with Crippen molar-refractivity contribution in [3.05, 3.63) is 30.1 Å². The van der Waals surface area contributed by atoms with E-state index >= 15 is 0 Å². The van der Waals surface area contributed by atoms with Gasteiger partial charge in [-0.25, -0.2) is 0 Å². The summed E-state index contributed by atoms with van der Waals surface area (Å²) in [5.41, 5.74) is 6.21. The molecule has 1 amide bonds. The van der Waals surface area contributed by atoms with Crippen molar-refractivity contribution in [3.8, 4) is 0 Å². The molecule has 3 nitrogen and oxygen atoms in total. The number of aryl methyl sites for hydroxylation is 1. The molecule has 0 aromatic carbocycles. The van der Waals surface area contributed by atoms with Crippen molar-refractivity contribution in [2.24, 2.45) is 5.73 Å². The number of nitrogens with zero attached hydrogens (tertiary/aromatic N) is 1. The van der Waals surface area contributed by atoms with Gasteiger partial charge in [0.05, 0.1) is 0 Å². The maximum absolute atomic E-state index is 10.4. The highest BCUT2D eigenvalue weighted by molar-refractivity contribution is 5.73. The van der Waals surface area contributed by atoms with Crippen molar-refractivity contribution in [1.29, 1.82) is 0 Å². The molecular weight excluding hydrogens is 152 g/mol. The summed E-state index contributed by atoms with van der Waals surface area (Å²) >= 11 is 0. The first-order chi connectivity index (χ1) is 5.79. The molecular formula is C9H12N2O. The molecule has 1 aromatic rings. The Morgan fingerprint density at radius 3 is 2.67 bits per heavy atom. The number of hydrogen-bond donors (Lipinski definition) is 1. The number of rotatable bonds is 4. The lowest BCUT2D eigenvalue weighted by Gasteiger charge is -1.97. The number of primary amides is 1. The van der Waals surface area contributed by atoms with Gasteiger partial charge in [-0.05, 0) is 30.5 Å². The van der Waals surface area contributed by atoms with Crippen LogP contribution in [0.3, 0.4) is 0 Å². The van der Waals surface area contributed by atoms with E-state index in [1.165, 1.54) is 5.56 Å². The SMILES string of the molecule is NC(=O)CCCc1ccncc1. The van der Waals surface area contributed by atoms with E-state index in [1.807, 2.05) is 12.1 Å². The number of carbonyl (C=O) groups excluding carboxylic acids is 1. The first-order valence-electron chi connectivity index (χ1n) is 3.96. The van der Waals surface area contributed by atoms with Gasteiger partial charge in [0.2, 0.25) is 5.91 Å². The maximum atomic E-state index is 10.4. The monoisotopic (exact) mass is 164 g/mol. The van der Waals surface area contributed by atoms with E-state index < -0.39 is 0 Å². The summed E-state index contributed by atoms with van der Waals surface area (Å²) < 4.78 is 0. The van der Waals surface area contributed by atoms with E-state index in [2.05, 4.69) is 4.98 Å². The Morgan fingerprint density at radius 1 is 1.42 bits per heavy atom. The molecule has 0 aliphatic rings. The summed E-state index contributed by atoms with van der Waals surface area (Å²) in [7, 11) is 0. The van der Waals surface area contributed by atoms with E-state index in [0.29, 0.717) is 6.42 Å². The predicted octanol–water partition coefficient (Wildman–Crippen LogP) is 0.890. The predicted molar refractivity (Wildman–Crippen MR) is 46.4 cm³/mol. The second-order valence-corrected chi connectivity index (χ2v) is 2.68. The van der Waals surface area contributed by atoms with Crippen LogP contribution >= 0.6 is 0 Å². The lowest BCUT2D eigenvalue weighted by atomic mass is 10.1. The van der Waals surface area contributed by atoms with Crippen LogP contribution in [0.15, 0.2) is 24.5 Å². The van der Waals surface area contributed by atoms with Crippen LogP contribution in [0, 0.1) is 0 Å². The van der Waals surface area contributed by atoms with Gasteiger partial charge < -0.3 is 5.73 Å². The number of nitrogens with two attached hydrogens (primary N) is 1. The Bertz CT molecular complexity index is 246. The molecule has 0 atom stereocenters. The zero-order valence-corrected chi connectivity index (χ0v) is 6.86. The standard InChI is InChI=1S/C9H12N2O/c10-9(12)3-1-2-8-4-6-11-7-5-8/h4-7H,1-3H2,(H2,10,12). The summed E-state index contributed by atoms with van der Waals surface area (Å²) in [4.78, 5) is 14.3. The van der Waals surface area contributed by atoms with Crippen molar-refractivity contribution in [2.75, 3.05) is 0 Å². The zero-order chi connectivity index (χ0) is 8.81. The van der Waals surface area contributed by atoms with Crippen LogP contribution < -0.4 is 5.73 Å². The summed E-state index contributed by atoms with van der Waals surface area (Å²) in [5.74, 6) is -0.232. The highest BCUT2D eigenvalue weighted by Crippen LogP contribution is 2.02. The number of aromatic nitrogens is 1. The molecule has 0 fully saturated rings. The lowest BCUT2D eigenvalue weighted by Crippen LogP contribution is -2.10. The first kappa shape index (κ1) is 8.71. The number of carbonyl (C=O) groups is 1. The van der Waals surface area contributed by atoms with Crippen molar-refractivity contribution in [2.45, 2.75) is 19.3 Å². The third-order valence-corrected chi connectivity index (χ3v) is 1.64. The molecule has 3 heteroatoms. The smallest absolute Gasteiger partial charge is 0.217 e. The molecule has 0 unspecified atom stereocenters. The van der Waals surface area contributed by atoms with E-state index in [1.54, 1.807) is 12.4 Å². The second-order valence-electron chi connectivity index (χ2n) is 2.68. The maximum Gasteiger partial charge on any atom is 0.217 e. The summed E-state index contributed by atoms with van der Waals surface area (Å²) in [6.07, 6.45) is 5.67. The first-order valence-corrected chi connectivity index (χ1v) is 3.96. The molecule has 0 spiro atoms. The molecule has 0 saturated carbocycles. The third kappa shape index (κ3) is 3.14. The quantitative estimate of drug-likeness (QED) is 0.718. The molecule has 0 radical (unpaired) electrons. The summed E-state index contributed by atoms with van der Waals surface area (Å²) in [5, 5.41) is 0. The summed E-state index contributed by atoms with van der Waals surface area (Å²) in [6.45, 7) is 0. The van der Waals surface area contributed by atoms with Gasteiger partial charge in [0, 0.05) is 18.8 Å². The zero-order valence-electron chi connectivity index (χ0n) is 6.86. The van der Waals surface area contributed by atoms with Crippen molar-refractivity contribution < 1.29 is 4.79 Å². The highest BCUT2D eigenvalue weighted by atomic mass is 16.1. The number of pyridine rings is 1. The van der Waals surface area contributed by atoms with Gasteiger partial charge in [0.15, 0.2) is 0 Å². The molecule has 1 aromatic heterocycles. The van der Waals surface area contributed by atoms with Gasteiger partial charge >= 0.3 is 0 Å². The van der Waals surface area contributed by atoms with Crippen molar-refractivity contribution in [3.63, 3.8) is 0 Å². The molecule has 2 N–H and O–H groups in total. The Morgan fingerprint density at radius 2 is 2.08 bits per heavy atom. The third-order valence-electron chi connectivity index (χ3n) is 1.64. The van der Waals surface area contributed by atoms with Crippen molar-refractivity contribution >= 4 is 5.91 Å². The highest BCUT2D eigenvalue weighted by Gasteiger charge is 1.95. The minimum Gasteiger partial charge on any atom is -0.370 e. The van der Waals surface area contributed by atoms with Gasteiger partial charge in [0.25, 0.3) is 0 Å². The van der Waals surface area contributed by atoms with Crippen LogP contribution in [0.1, 0.15) is 18.4 Å². The fourth-order valence-corrected chi connectivity index (χ4v) is 1.02. The van der Waals surface area contributed by atoms with Gasteiger partial charge in [-0.2, -0.15) is 0 Å². The van der Waals surface area contributed by atoms with Crippen LogP contribution in [0.25, 0.3) is 0 Å².